The molecular formula is C17H19NO5S. The Bertz CT molecular complexity index is 836. The summed E-state index contributed by atoms with van der Waals surface area (Å²) in [5.41, 5.74) is 0.553. The zero-order chi connectivity index (χ0) is 17.6. The molecule has 0 aliphatic rings. The number of furan rings is 1. The van der Waals surface area contributed by atoms with Crippen LogP contribution in [0.1, 0.15) is 11.5 Å². The van der Waals surface area contributed by atoms with Gasteiger partial charge in [-0.2, -0.15) is 0 Å². The molecule has 2 aromatic rings. The van der Waals surface area contributed by atoms with Gasteiger partial charge in [0.05, 0.1) is 5.75 Å². The molecule has 1 aromatic carbocycles. The molecule has 0 fully saturated rings. The van der Waals surface area contributed by atoms with Crippen LogP contribution in [0.4, 0.5) is 5.69 Å². The number of carbonyl (C=O) groups is 1. The standard InChI is InChI=1S/C17H19NO5S/c1-13-6-7-15(23-13)8-9-17(19)18-14-4-3-5-16(12-14)22-10-11-24(2,20)21/h3-9,12H,10-11H2,1-2H3,(H,18,19)/b9-8+. The molecule has 0 radical (unpaired) electrons. The van der Waals surface area contributed by atoms with E-state index >= 15 is 0 Å². The smallest absolute Gasteiger partial charge is 0.248 e. The van der Waals surface area contributed by atoms with E-state index in [1.54, 1.807) is 36.4 Å². The minimum Gasteiger partial charge on any atom is -0.492 e. The van der Waals surface area contributed by atoms with Crippen molar-refractivity contribution < 1.29 is 22.4 Å². The summed E-state index contributed by atoms with van der Waals surface area (Å²) in [5, 5.41) is 2.70. The second-order valence-electron chi connectivity index (χ2n) is 5.28. The molecule has 7 heteroatoms. The molecule has 0 aliphatic heterocycles. The molecule has 1 N–H and O–H groups in total. The van der Waals surface area contributed by atoms with Gasteiger partial charge in [0.1, 0.15) is 23.9 Å². The van der Waals surface area contributed by atoms with Crippen molar-refractivity contribution in [2.24, 2.45) is 0 Å². The maximum Gasteiger partial charge on any atom is 0.248 e. The Kier molecular flexibility index (Phi) is 5.81. The fourth-order valence-electron chi connectivity index (χ4n) is 1.86. The van der Waals surface area contributed by atoms with Gasteiger partial charge in [0.15, 0.2) is 9.84 Å². The molecule has 2 rings (SSSR count). The fourth-order valence-corrected chi connectivity index (χ4v) is 2.25. The number of rotatable bonds is 7. The van der Waals surface area contributed by atoms with E-state index in [1.807, 2.05) is 13.0 Å². The van der Waals surface area contributed by atoms with Gasteiger partial charge >= 0.3 is 0 Å². The number of sulfone groups is 1. The van der Waals surface area contributed by atoms with Crippen LogP contribution in [-0.4, -0.2) is 32.9 Å². The Balaban J connectivity index is 1.91. The Morgan fingerprint density at radius 2 is 2.08 bits per heavy atom. The van der Waals surface area contributed by atoms with Crippen LogP contribution < -0.4 is 10.1 Å². The van der Waals surface area contributed by atoms with Crippen molar-refractivity contribution >= 4 is 27.5 Å². The predicted octanol–water partition coefficient (Wildman–Crippen LogP) is 2.66. The summed E-state index contributed by atoms with van der Waals surface area (Å²) in [4.78, 5) is 11.9. The average molecular weight is 349 g/mol. The molecule has 1 amide bonds. The summed E-state index contributed by atoms with van der Waals surface area (Å²) in [6.07, 6.45) is 4.10. The van der Waals surface area contributed by atoms with E-state index < -0.39 is 9.84 Å². The van der Waals surface area contributed by atoms with E-state index in [-0.39, 0.29) is 18.3 Å². The van der Waals surface area contributed by atoms with Crippen LogP contribution in [0.5, 0.6) is 5.75 Å². The number of ether oxygens (including phenoxy) is 1. The van der Waals surface area contributed by atoms with E-state index in [0.717, 1.165) is 12.0 Å². The van der Waals surface area contributed by atoms with Crippen molar-refractivity contribution in [2.75, 3.05) is 23.9 Å². The lowest BCUT2D eigenvalue weighted by atomic mass is 10.3. The first kappa shape index (κ1) is 17.8. The number of anilines is 1. The molecule has 0 spiro atoms. The van der Waals surface area contributed by atoms with Gasteiger partial charge in [0.25, 0.3) is 0 Å². The van der Waals surface area contributed by atoms with Crippen molar-refractivity contribution in [1.29, 1.82) is 0 Å². The zero-order valence-electron chi connectivity index (χ0n) is 13.5. The second kappa shape index (κ2) is 7.83. The summed E-state index contributed by atoms with van der Waals surface area (Å²) in [6, 6.07) is 10.3. The third kappa shape index (κ3) is 6.29. The summed E-state index contributed by atoms with van der Waals surface area (Å²) in [5.74, 6) is 1.49. The Hall–Kier alpha value is -2.54. The maximum atomic E-state index is 11.9. The lowest BCUT2D eigenvalue weighted by molar-refractivity contribution is -0.111. The molecule has 128 valence electrons. The van der Waals surface area contributed by atoms with Crippen molar-refractivity contribution in [3.8, 4) is 5.75 Å². The quantitative estimate of drug-likeness (QED) is 0.777. The summed E-state index contributed by atoms with van der Waals surface area (Å²) < 4.78 is 32.9. The van der Waals surface area contributed by atoms with Crippen molar-refractivity contribution in [3.05, 3.63) is 54.0 Å². The van der Waals surface area contributed by atoms with Crippen LogP contribution in [0.15, 0.2) is 46.9 Å². The molecule has 24 heavy (non-hydrogen) atoms. The first-order valence-electron chi connectivity index (χ1n) is 7.28. The monoisotopic (exact) mass is 349 g/mol. The highest BCUT2D eigenvalue weighted by atomic mass is 32.2. The van der Waals surface area contributed by atoms with Gasteiger partial charge in [-0.05, 0) is 37.3 Å². The predicted molar refractivity (Wildman–Crippen MR) is 92.8 cm³/mol. The van der Waals surface area contributed by atoms with Gasteiger partial charge < -0.3 is 14.5 Å². The molecule has 1 aromatic heterocycles. The highest BCUT2D eigenvalue weighted by molar-refractivity contribution is 7.90. The third-order valence-electron chi connectivity index (χ3n) is 2.98. The van der Waals surface area contributed by atoms with Gasteiger partial charge in [-0.15, -0.1) is 0 Å². The Labute approximate surface area is 141 Å². The van der Waals surface area contributed by atoms with Crippen LogP contribution in [-0.2, 0) is 14.6 Å². The number of hydrogen-bond donors (Lipinski definition) is 1. The number of nitrogens with one attached hydrogen (secondary N) is 1. The van der Waals surface area contributed by atoms with Crippen LogP contribution in [0, 0.1) is 6.92 Å². The molecule has 0 atom stereocenters. The van der Waals surface area contributed by atoms with Gasteiger partial charge in [-0.1, -0.05) is 6.07 Å². The minimum absolute atomic E-state index is 0.0606. The van der Waals surface area contributed by atoms with E-state index in [1.165, 1.54) is 6.08 Å². The normalized spacial score (nSPS) is 11.6. The molecule has 1 heterocycles. The SMILES string of the molecule is Cc1ccc(/C=C/C(=O)Nc2cccc(OCCS(C)(=O)=O)c2)o1. The highest BCUT2D eigenvalue weighted by Gasteiger charge is 2.04. The number of aryl methyl sites for hydroxylation is 1. The maximum absolute atomic E-state index is 11.9. The minimum atomic E-state index is -3.07. The second-order valence-corrected chi connectivity index (χ2v) is 7.54. The lowest BCUT2D eigenvalue weighted by Gasteiger charge is -2.07. The van der Waals surface area contributed by atoms with Crippen molar-refractivity contribution in [1.82, 2.24) is 0 Å². The van der Waals surface area contributed by atoms with Gasteiger partial charge in [0, 0.05) is 24.1 Å². The molecule has 0 aliphatic carbocycles. The Morgan fingerprint density at radius 1 is 1.29 bits per heavy atom. The first-order valence-corrected chi connectivity index (χ1v) is 9.34. The van der Waals surface area contributed by atoms with Gasteiger partial charge in [0.2, 0.25) is 5.91 Å². The summed E-state index contributed by atoms with van der Waals surface area (Å²) >= 11 is 0. The number of amides is 1. The van der Waals surface area contributed by atoms with Crippen LogP contribution in [0.3, 0.4) is 0 Å². The molecule has 0 saturated carbocycles. The third-order valence-corrected chi connectivity index (χ3v) is 3.89. The van der Waals surface area contributed by atoms with Gasteiger partial charge in [-0.25, -0.2) is 8.42 Å². The van der Waals surface area contributed by atoms with E-state index in [9.17, 15) is 13.2 Å². The zero-order valence-corrected chi connectivity index (χ0v) is 14.3. The molecule has 6 nitrogen and oxygen atoms in total. The topological polar surface area (TPSA) is 85.6 Å². The molecular weight excluding hydrogens is 330 g/mol. The highest BCUT2D eigenvalue weighted by Crippen LogP contribution is 2.17. The van der Waals surface area contributed by atoms with Crippen LogP contribution in [0.25, 0.3) is 6.08 Å². The number of benzene rings is 1. The van der Waals surface area contributed by atoms with Gasteiger partial charge in [-0.3, -0.25) is 4.79 Å². The molecule has 0 bridgehead atoms. The number of hydrogen-bond acceptors (Lipinski definition) is 5. The fraction of sp³-hybridized carbons (Fsp3) is 0.235. The van der Waals surface area contributed by atoms with E-state index in [4.69, 9.17) is 9.15 Å². The number of carbonyl (C=O) groups excluding carboxylic acids is 1. The molecule has 0 saturated heterocycles. The largest absolute Gasteiger partial charge is 0.492 e. The van der Waals surface area contributed by atoms with Crippen molar-refractivity contribution in [3.63, 3.8) is 0 Å². The summed E-state index contributed by atoms with van der Waals surface area (Å²) in [7, 11) is -3.07. The average Bonchev–Trinajstić information content (AvgIpc) is 2.90. The van der Waals surface area contributed by atoms with Crippen molar-refractivity contribution in [2.45, 2.75) is 6.92 Å². The summed E-state index contributed by atoms with van der Waals surface area (Å²) in [6.45, 7) is 1.89. The van der Waals surface area contributed by atoms with Crippen LogP contribution >= 0.6 is 0 Å². The Morgan fingerprint density at radius 3 is 2.75 bits per heavy atom. The molecule has 0 unspecified atom stereocenters. The van der Waals surface area contributed by atoms with Crippen LogP contribution in [0.2, 0.25) is 0 Å². The van der Waals surface area contributed by atoms with E-state index in [2.05, 4.69) is 5.32 Å². The first-order chi connectivity index (χ1) is 11.3. The lowest BCUT2D eigenvalue weighted by Crippen LogP contribution is -2.12. The van der Waals surface area contributed by atoms with E-state index in [0.29, 0.717) is 17.2 Å².